The Labute approximate surface area is 127 Å². The van der Waals surface area contributed by atoms with E-state index >= 15 is 0 Å². The summed E-state index contributed by atoms with van der Waals surface area (Å²) in [4.78, 5) is 17.5. The molecule has 0 saturated carbocycles. The molecule has 0 saturated heterocycles. The van der Waals surface area contributed by atoms with E-state index in [-0.39, 0.29) is 0 Å². The van der Waals surface area contributed by atoms with Crippen molar-refractivity contribution in [3.8, 4) is 11.5 Å². The van der Waals surface area contributed by atoms with Gasteiger partial charge in [-0.3, -0.25) is 4.98 Å². The second kappa shape index (κ2) is 6.74. The highest BCUT2D eigenvalue weighted by molar-refractivity contribution is 9.10. The summed E-state index contributed by atoms with van der Waals surface area (Å²) in [5.74, 6) is 1.71. The first-order valence-electron chi connectivity index (χ1n) is 6.71. The molecule has 2 aromatic rings. The number of hydrogen-bond donors (Lipinski definition) is 1. The molecule has 0 aliphatic rings. The molecule has 2 aromatic heterocycles. The highest BCUT2D eigenvalue weighted by Gasteiger charge is 2.16. The predicted octanol–water partition coefficient (Wildman–Crippen LogP) is 3.64. The first kappa shape index (κ1) is 14.8. The maximum absolute atomic E-state index is 4.61. The summed E-state index contributed by atoms with van der Waals surface area (Å²) in [7, 11) is 0. The van der Waals surface area contributed by atoms with Crippen LogP contribution in [-0.4, -0.2) is 26.5 Å². The van der Waals surface area contributed by atoms with Crippen molar-refractivity contribution < 1.29 is 0 Å². The standard InChI is InChI=1S/C14H18BrN5/c1-4-5-18-14-11(15)12(9(2)3)19-13(20-14)10-8-16-6-7-17-10/h6-9H,4-5H2,1-3H3,(H,18,19,20). The number of nitrogens with zero attached hydrogens (tertiary/aromatic N) is 4. The van der Waals surface area contributed by atoms with Crippen LogP contribution in [0.5, 0.6) is 0 Å². The van der Waals surface area contributed by atoms with Gasteiger partial charge in [-0.2, -0.15) is 0 Å². The molecule has 6 heteroatoms. The lowest BCUT2D eigenvalue weighted by Gasteiger charge is -2.14. The Morgan fingerprint density at radius 3 is 2.65 bits per heavy atom. The number of nitrogens with one attached hydrogen (secondary N) is 1. The SMILES string of the molecule is CCCNc1nc(-c2cnccn2)nc(C(C)C)c1Br. The van der Waals surface area contributed by atoms with Crippen molar-refractivity contribution in [1.29, 1.82) is 0 Å². The lowest BCUT2D eigenvalue weighted by molar-refractivity contribution is 0.807. The van der Waals surface area contributed by atoms with Crippen molar-refractivity contribution in [2.75, 3.05) is 11.9 Å². The Balaban J connectivity index is 2.50. The van der Waals surface area contributed by atoms with Gasteiger partial charge in [-0.1, -0.05) is 20.8 Å². The lowest BCUT2D eigenvalue weighted by Crippen LogP contribution is -2.08. The van der Waals surface area contributed by atoms with Crippen molar-refractivity contribution in [3.05, 3.63) is 28.8 Å². The number of anilines is 1. The van der Waals surface area contributed by atoms with E-state index in [0.717, 1.165) is 29.0 Å². The highest BCUT2D eigenvalue weighted by Crippen LogP contribution is 2.30. The van der Waals surface area contributed by atoms with Crippen LogP contribution in [0.1, 0.15) is 38.8 Å². The summed E-state index contributed by atoms with van der Waals surface area (Å²) in [6.07, 6.45) is 6.00. The molecule has 20 heavy (non-hydrogen) atoms. The molecule has 0 fully saturated rings. The van der Waals surface area contributed by atoms with E-state index in [2.05, 4.69) is 62.0 Å². The molecular formula is C14H18BrN5. The van der Waals surface area contributed by atoms with E-state index in [1.165, 1.54) is 0 Å². The largest absolute Gasteiger partial charge is 0.369 e. The molecule has 0 radical (unpaired) electrons. The number of hydrogen-bond acceptors (Lipinski definition) is 5. The molecule has 0 amide bonds. The molecule has 0 aromatic carbocycles. The van der Waals surface area contributed by atoms with Gasteiger partial charge in [0.2, 0.25) is 0 Å². The van der Waals surface area contributed by atoms with Crippen LogP contribution in [-0.2, 0) is 0 Å². The quantitative estimate of drug-likeness (QED) is 0.903. The van der Waals surface area contributed by atoms with Gasteiger partial charge >= 0.3 is 0 Å². The van der Waals surface area contributed by atoms with Gasteiger partial charge in [-0.15, -0.1) is 0 Å². The van der Waals surface area contributed by atoms with Crippen molar-refractivity contribution in [2.45, 2.75) is 33.1 Å². The number of rotatable bonds is 5. The molecule has 0 bridgehead atoms. The van der Waals surface area contributed by atoms with E-state index in [1.807, 2.05) is 0 Å². The van der Waals surface area contributed by atoms with E-state index in [4.69, 9.17) is 0 Å². The fourth-order valence-corrected chi connectivity index (χ4v) is 2.51. The predicted molar refractivity (Wildman–Crippen MR) is 83.6 cm³/mol. The van der Waals surface area contributed by atoms with Gasteiger partial charge in [0.1, 0.15) is 11.5 Å². The van der Waals surface area contributed by atoms with Gasteiger partial charge in [0.05, 0.1) is 16.4 Å². The maximum atomic E-state index is 4.61. The number of aromatic nitrogens is 4. The van der Waals surface area contributed by atoms with Crippen LogP contribution in [0.25, 0.3) is 11.5 Å². The van der Waals surface area contributed by atoms with Crippen LogP contribution in [0, 0.1) is 0 Å². The van der Waals surface area contributed by atoms with Gasteiger partial charge < -0.3 is 5.32 Å². The molecule has 0 unspecified atom stereocenters. The zero-order valence-corrected chi connectivity index (χ0v) is 13.5. The molecule has 106 valence electrons. The molecule has 0 atom stereocenters. The number of halogens is 1. The average Bonchev–Trinajstić information content (AvgIpc) is 2.46. The Bertz CT molecular complexity index is 571. The monoisotopic (exact) mass is 335 g/mol. The molecule has 0 spiro atoms. The maximum Gasteiger partial charge on any atom is 0.182 e. The Morgan fingerprint density at radius 2 is 2.05 bits per heavy atom. The molecular weight excluding hydrogens is 318 g/mol. The summed E-state index contributed by atoms with van der Waals surface area (Å²) >= 11 is 3.60. The van der Waals surface area contributed by atoms with Crippen LogP contribution >= 0.6 is 15.9 Å². The molecule has 0 aliphatic carbocycles. The summed E-state index contributed by atoms with van der Waals surface area (Å²) in [5, 5.41) is 3.32. The van der Waals surface area contributed by atoms with E-state index < -0.39 is 0 Å². The zero-order chi connectivity index (χ0) is 14.5. The van der Waals surface area contributed by atoms with Crippen molar-refractivity contribution >= 4 is 21.7 Å². The summed E-state index contributed by atoms with van der Waals surface area (Å²) < 4.78 is 0.925. The summed E-state index contributed by atoms with van der Waals surface area (Å²) in [6, 6.07) is 0. The summed E-state index contributed by atoms with van der Waals surface area (Å²) in [5.41, 5.74) is 1.65. The van der Waals surface area contributed by atoms with Crippen molar-refractivity contribution in [1.82, 2.24) is 19.9 Å². The fourth-order valence-electron chi connectivity index (χ4n) is 1.74. The van der Waals surface area contributed by atoms with Crippen molar-refractivity contribution in [2.24, 2.45) is 0 Å². The van der Waals surface area contributed by atoms with Crippen LogP contribution in [0.3, 0.4) is 0 Å². The van der Waals surface area contributed by atoms with Gasteiger partial charge in [-0.25, -0.2) is 15.0 Å². The Hall–Kier alpha value is -1.56. The Kier molecular flexibility index (Phi) is 5.00. The van der Waals surface area contributed by atoms with Crippen LogP contribution in [0.4, 0.5) is 5.82 Å². The normalized spacial score (nSPS) is 10.8. The average molecular weight is 336 g/mol. The first-order valence-corrected chi connectivity index (χ1v) is 7.50. The third kappa shape index (κ3) is 3.30. The third-order valence-corrected chi connectivity index (χ3v) is 3.54. The van der Waals surface area contributed by atoms with E-state index in [1.54, 1.807) is 18.6 Å². The van der Waals surface area contributed by atoms with E-state index in [9.17, 15) is 0 Å². The fraction of sp³-hybridized carbons (Fsp3) is 0.429. The molecule has 0 aliphatic heterocycles. The smallest absolute Gasteiger partial charge is 0.182 e. The molecule has 1 N–H and O–H groups in total. The lowest BCUT2D eigenvalue weighted by atomic mass is 10.1. The van der Waals surface area contributed by atoms with Crippen LogP contribution in [0.15, 0.2) is 23.1 Å². The van der Waals surface area contributed by atoms with Gasteiger partial charge in [0.25, 0.3) is 0 Å². The molecule has 2 heterocycles. The van der Waals surface area contributed by atoms with Gasteiger partial charge in [-0.05, 0) is 28.3 Å². The zero-order valence-electron chi connectivity index (χ0n) is 11.9. The summed E-state index contributed by atoms with van der Waals surface area (Å²) in [6.45, 7) is 7.20. The molecule has 5 nitrogen and oxygen atoms in total. The molecule has 2 rings (SSSR count). The van der Waals surface area contributed by atoms with Crippen LogP contribution in [0.2, 0.25) is 0 Å². The highest BCUT2D eigenvalue weighted by atomic mass is 79.9. The van der Waals surface area contributed by atoms with Crippen LogP contribution < -0.4 is 5.32 Å². The minimum Gasteiger partial charge on any atom is -0.369 e. The van der Waals surface area contributed by atoms with Crippen molar-refractivity contribution in [3.63, 3.8) is 0 Å². The first-order chi connectivity index (χ1) is 9.63. The minimum atomic E-state index is 0.296. The van der Waals surface area contributed by atoms with E-state index in [0.29, 0.717) is 17.4 Å². The van der Waals surface area contributed by atoms with Gasteiger partial charge in [0, 0.05) is 18.9 Å². The third-order valence-electron chi connectivity index (χ3n) is 2.76. The Morgan fingerprint density at radius 1 is 1.25 bits per heavy atom. The minimum absolute atomic E-state index is 0.296. The second-order valence-electron chi connectivity index (χ2n) is 4.77. The topological polar surface area (TPSA) is 63.6 Å². The second-order valence-corrected chi connectivity index (χ2v) is 5.56. The van der Waals surface area contributed by atoms with Gasteiger partial charge in [0.15, 0.2) is 5.82 Å².